The van der Waals surface area contributed by atoms with Crippen molar-refractivity contribution >= 4 is 11.6 Å². The lowest BCUT2D eigenvalue weighted by Gasteiger charge is -2.27. The number of alkyl halides is 1. The molecule has 3 heteroatoms. The number of hydrogen-bond acceptors (Lipinski definition) is 2. The van der Waals surface area contributed by atoms with Crippen LogP contribution in [0.4, 0.5) is 0 Å². The number of rotatable bonds is 4. The van der Waals surface area contributed by atoms with E-state index in [9.17, 15) is 0 Å². The fourth-order valence-corrected chi connectivity index (χ4v) is 1.19. The van der Waals surface area contributed by atoms with Crippen molar-refractivity contribution in [2.45, 2.75) is 32.2 Å². The summed E-state index contributed by atoms with van der Waals surface area (Å²) < 4.78 is 0. The fourth-order valence-electron chi connectivity index (χ4n) is 0.969. The van der Waals surface area contributed by atoms with E-state index >= 15 is 0 Å². The van der Waals surface area contributed by atoms with Crippen LogP contribution in [0.2, 0.25) is 0 Å². The van der Waals surface area contributed by atoms with Gasteiger partial charge >= 0.3 is 0 Å². The SMILES string of the molecule is CC(C)C(C)N(C)CC(Cl)C#N. The van der Waals surface area contributed by atoms with E-state index in [4.69, 9.17) is 16.9 Å². The maximum Gasteiger partial charge on any atom is 0.133 e. The zero-order valence-corrected chi connectivity index (χ0v) is 8.97. The maximum atomic E-state index is 8.50. The Balaban J connectivity index is 3.88. The van der Waals surface area contributed by atoms with Crippen LogP contribution in [-0.4, -0.2) is 29.9 Å². The summed E-state index contributed by atoms with van der Waals surface area (Å²) in [6.45, 7) is 7.11. The molecule has 0 saturated carbocycles. The molecule has 0 rings (SSSR count). The largest absolute Gasteiger partial charge is 0.301 e. The van der Waals surface area contributed by atoms with E-state index in [1.807, 2.05) is 13.1 Å². The molecular formula is C9H17ClN2. The molecule has 2 unspecified atom stereocenters. The lowest BCUT2D eigenvalue weighted by Crippen LogP contribution is -2.36. The van der Waals surface area contributed by atoms with Crippen molar-refractivity contribution < 1.29 is 0 Å². The Labute approximate surface area is 80.1 Å². The second-order valence-corrected chi connectivity index (χ2v) is 4.05. The van der Waals surface area contributed by atoms with Crippen molar-refractivity contribution in [3.63, 3.8) is 0 Å². The zero-order valence-electron chi connectivity index (χ0n) is 8.21. The lowest BCUT2D eigenvalue weighted by atomic mass is 10.1. The third-order valence-corrected chi connectivity index (χ3v) is 2.48. The third kappa shape index (κ3) is 3.94. The monoisotopic (exact) mass is 188 g/mol. The molecule has 0 aromatic heterocycles. The highest BCUT2D eigenvalue weighted by Gasteiger charge is 2.15. The fraction of sp³-hybridized carbons (Fsp3) is 0.889. The Morgan fingerprint density at radius 1 is 1.42 bits per heavy atom. The van der Waals surface area contributed by atoms with E-state index in [0.717, 1.165) is 0 Å². The van der Waals surface area contributed by atoms with Crippen LogP contribution >= 0.6 is 11.6 Å². The van der Waals surface area contributed by atoms with Gasteiger partial charge in [0.2, 0.25) is 0 Å². The van der Waals surface area contributed by atoms with Crippen LogP contribution in [0.1, 0.15) is 20.8 Å². The van der Waals surface area contributed by atoms with E-state index in [1.54, 1.807) is 0 Å². The highest BCUT2D eigenvalue weighted by atomic mass is 35.5. The smallest absolute Gasteiger partial charge is 0.133 e. The van der Waals surface area contributed by atoms with Crippen LogP contribution < -0.4 is 0 Å². The molecule has 0 amide bonds. The van der Waals surface area contributed by atoms with Gasteiger partial charge in [-0.2, -0.15) is 5.26 Å². The highest BCUT2D eigenvalue weighted by Crippen LogP contribution is 2.09. The topological polar surface area (TPSA) is 27.0 Å². The van der Waals surface area contributed by atoms with Gasteiger partial charge in [0.25, 0.3) is 0 Å². The van der Waals surface area contributed by atoms with E-state index in [2.05, 4.69) is 25.7 Å². The van der Waals surface area contributed by atoms with Crippen molar-refractivity contribution in [3.05, 3.63) is 0 Å². The van der Waals surface area contributed by atoms with Crippen molar-refractivity contribution in [2.75, 3.05) is 13.6 Å². The van der Waals surface area contributed by atoms with Gasteiger partial charge in [-0.05, 0) is 19.9 Å². The first-order valence-corrected chi connectivity index (χ1v) is 4.66. The molecule has 0 fully saturated rings. The summed E-state index contributed by atoms with van der Waals surface area (Å²) in [6, 6.07) is 2.49. The first-order valence-electron chi connectivity index (χ1n) is 4.23. The normalized spacial score (nSPS) is 16.2. The molecule has 0 aliphatic heterocycles. The Morgan fingerprint density at radius 2 is 1.92 bits per heavy atom. The minimum atomic E-state index is -0.392. The van der Waals surface area contributed by atoms with Crippen molar-refractivity contribution in [2.24, 2.45) is 5.92 Å². The number of nitrogens with zero attached hydrogens (tertiary/aromatic N) is 2. The molecule has 70 valence electrons. The molecule has 0 aliphatic rings. The first-order chi connectivity index (χ1) is 5.49. The van der Waals surface area contributed by atoms with Crippen molar-refractivity contribution in [1.82, 2.24) is 4.90 Å². The Bertz CT molecular complexity index is 162. The Morgan fingerprint density at radius 3 is 2.25 bits per heavy atom. The van der Waals surface area contributed by atoms with Gasteiger partial charge in [-0.1, -0.05) is 13.8 Å². The number of halogens is 1. The Kier molecular flexibility index (Phi) is 5.28. The third-order valence-electron chi connectivity index (χ3n) is 2.25. The number of hydrogen-bond donors (Lipinski definition) is 0. The van der Waals surface area contributed by atoms with E-state index in [-0.39, 0.29) is 0 Å². The summed E-state index contributed by atoms with van der Waals surface area (Å²) in [6.07, 6.45) is 0. The van der Waals surface area contributed by atoms with Gasteiger partial charge in [0.05, 0.1) is 6.07 Å². The molecule has 12 heavy (non-hydrogen) atoms. The summed E-state index contributed by atoms with van der Waals surface area (Å²) in [5.74, 6) is 0.595. The van der Waals surface area contributed by atoms with E-state index < -0.39 is 5.38 Å². The maximum absolute atomic E-state index is 8.50. The first kappa shape index (κ1) is 11.7. The minimum Gasteiger partial charge on any atom is -0.301 e. The second kappa shape index (κ2) is 5.40. The van der Waals surface area contributed by atoms with Crippen LogP contribution in [0.5, 0.6) is 0 Å². The predicted molar refractivity (Wildman–Crippen MR) is 52.2 cm³/mol. The Hall–Kier alpha value is -0.260. The molecule has 0 radical (unpaired) electrons. The van der Waals surface area contributed by atoms with Crippen LogP contribution in [0.15, 0.2) is 0 Å². The van der Waals surface area contributed by atoms with Crippen LogP contribution in [0.3, 0.4) is 0 Å². The lowest BCUT2D eigenvalue weighted by molar-refractivity contribution is 0.213. The summed E-state index contributed by atoms with van der Waals surface area (Å²) in [4.78, 5) is 2.12. The molecule has 2 nitrogen and oxygen atoms in total. The molecule has 0 saturated heterocycles. The molecule has 0 bridgehead atoms. The van der Waals surface area contributed by atoms with E-state index in [1.165, 1.54) is 0 Å². The molecular weight excluding hydrogens is 172 g/mol. The van der Waals surface area contributed by atoms with Gasteiger partial charge in [0, 0.05) is 12.6 Å². The van der Waals surface area contributed by atoms with Gasteiger partial charge in [0.15, 0.2) is 0 Å². The quantitative estimate of drug-likeness (QED) is 0.632. The highest BCUT2D eigenvalue weighted by molar-refractivity contribution is 6.22. The van der Waals surface area contributed by atoms with Gasteiger partial charge in [-0.15, -0.1) is 11.6 Å². The summed E-state index contributed by atoms with van der Waals surface area (Å²) in [7, 11) is 2.00. The van der Waals surface area contributed by atoms with Crippen molar-refractivity contribution in [3.8, 4) is 6.07 Å². The summed E-state index contributed by atoms with van der Waals surface area (Å²) >= 11 is 5.71. The van der Waals surface area contributed by atoms with Gasteiger partial charge in [-0.25, -0.2) is 0 Å². The van der Waals surface area contributed by atoms with Crippen LogP contribution in [0.25, 0.3) is 0 Å². The van der Waals surface area contributed by atoms with E-state index in [0.29, 0.717) is 18.5 Å². The molecule has 2 atom stereocenters. The second-order valence-electron chi connectivity index (χ2n) is 3.52. The summed E-state index contributed by atoms with van der Waals surface area (Å²) in [5, 5.41) is 8.10. The molecule has 0 N–H and O–H groups in total. The van der Waals surface area contributed by atoms with Gasteiger partial charge < -0.3 is 4.90 Å². The molecule has 0 heterocycles. The molecule has 0 aromatic rings. The van der Waals surface area contributed by atoms with Gasteiger partial charge in [0.1, 0.15) is 5.38 Å². The van der Waals surface area contributed by atoms with Crippen molar-refractivity contribution in [1.29, 1.82) is 5.26 Å². The number of nitriles is 1. The average molecular weight is 189 g/mol. The summed E-state index contributed by atoms with van der Waals surface area (Å²) in [5.41, 5.74) is 0. The van der Waals surface area contributed by atoms with Crippen LogP contribution in [-0.2, 0) is 0 Å². The van der Waals surface area contributed by atoms with Gasteiger partial charge in [-0.3, -0.25) is 0 Å². The predicted octanol–water partition coefficient (Wildman–Crippen LogP) is 2.09. The molecule has 0 spiro atoms. The molecule has 0 aromatic carbocycles. The molecule has 0 aliphatic carbocycles. The average Bonchev–Trinajstić information content (AvgIpc) is 2.02. The van der Waals surface area contributed by atoms with Crippen LogP contribution in [0, 0.1) is 17.2 Å². The minimum absolute atomic E-state index is 0.392. The standard InChI is InChI=1S/C9H17ClN2/c1-7(2)8(3)12(4)6-9(10)5-11/h7-9H,6H2,1-4H3. The zero-order chi connectivity index (χ0) is 9.72.